The molecule has 0 unspecified atom stereocenters. The van der Waals surface area contributed by atoms with E-state index in [2.05, 4.69) is 68.1 Å². The number of rotatable bonds is 10. The van der Waals surface area contributed by atoms with Crippen LogP contribution in [-0.2, 0) is 30.9 Å². The van der Waals surface area contributed by atoms with Gasteiger partial charge in [-0.25, -0.2) is 29.1 Å². The quantitative estimate of drug-likeness (QED) is 0.141. The minimum Gasteiger partial charge on any atom is -0.496 e. The molecule has 0 aliphatic carbocycles. The molecule has 334 valence electrons. The maximum atomic E-state index is 14.4. The smallest absolute Gasteiger partial charge is 0.345 e. The molecule has 4 bridgehead atoms. The molecule has 3 aliphatic rings. The maximum absolute atomic E-state index is 14.4. The number of hydrogen-bond donors (Lipinski definition) is 1. The molecular weight excluding hydrogens is 854 g/mol. The van der Waals surface area contributed by atoms with E-state index in [1.165, 1.54) is 35.4 Å². The van der Waals surface area contributed by atoms with E-state index in [0.717, 1.165) is 82.7 Å². The number of aliphatic carboxylic acids is 1. The van der Waals surface area contributed by atoms with Crippen LogP contribution in [0, 0.1) is 5.82 Å². The molecule has 0 amide bonds. The molecule has 1 N–H and O–H groups in total. The van der Waals surface area contributed by atoms with Gasteiger partial charge in [0.2, 0.25) is 12.0 Å². The summed E-state index contributed by atoms with van der Waals surface area (Å²) in [6.45, 7) is 7.21. The van der Waals surface area contributed by atoms with Crippen LogP contribution in [0.15, 0.2) is 122 Å². The van der Waals surface area contributed by atoms with Crippen molar-refractivity contribution in [3.8, 4) is 50.3 Å². The first-order valence-corrected chi connectivity index (χ1v) is 22.9. The van der Waals surface area contributed by atoms with E-state index in [-0.39, 0.29) is 24.7 Å². The highest BCUT2D eigenvalue weighted by Crippen LogP contribution is 2.49. The third kappa shape index (κ3) is 9.05. The second kappa shape index (κ2) is 18.9. The van der Waals surface area contributed by atoms with Crippen LogP contribution in [0.25, 0.3) is 53.9 Å². The Bertz CT molecular complexity index is 3050. The summed E-state index contributed by atoms with van der Waals surface area (Å²) in [7, 11) is 3.79. The Hall–Kier alpha value is -6.84. The van der Waals surface area contributed by atoms with Gasteiger partial charge in [0.05, 0.1) is 23.8 Å². The van der Waals surface area contributed by atoms with Crippen molar-refractivity contribution in [1.82, 2.24) is 34.6 Å². The van der Waals surface area contributed by atoms with Crippen LogP contribution < -0.4 is 14.2 Å². The van der Waals surface area contributed by atoms with E-state index in [0.29, 0.717) is 51.9 Å². The third-order valence-corrected chi connectivity index (χ3v) is 13.6. The molecule has 12 nitrogen and oxygen atoms in total. The first kappa shape index (κ1) is 43.1. The Morgan fingerprint density at radius 3 is 2.42 bits per heavy atom. The molecule has 1 atom stereocenters. The number of carboxylic acids is 1. The summed E-state index contributed by atoms with van der Waals surface area (Å²) in [5.74, 6) is 0.317. The molecule has 3 aromatic heterocycles. The number of para-hydroxylation sites is 1. The number of halogens is 1. The Labute approximate surface area is 385 Å². The first-order chi connectivity index (χ1) is 32.3. The number of carbonyl (C=O) groups is 1. The van der Waals surface area contributed by atoms with E-state index >= 15 is 0 Å². The van der Waals surface area contributed by atoms with Gasteiger partial charge in [-0.05, 0) is 82.0 Å². The van der Waals surface area contributed by atoms with Crippen LogP contribution in [0.2, 0.25) is 0 Å². The predicted octanol–water partition coefficient (Wildman–Crippen LogP) is 9.00. The second-order valence-corrected chi connectivity index (χ2v) is 17.8. The van der Waals surface area contributed by atoms with E-state index in [1.54, 1.807) is 31.5 Å². The average Bonchev–Trinajstić information content (AvgIpc) is 3.73. The number of likely N-dealkylation sites (N-methyl/N-ethyl adjacent to an activating group) is 1. The molecule has 8 aromatic rings. The molecule has 3 aliphatic heterocycles. The summed E-state index contributed by atoms with van der Waals surface area (Å²) in [6.07, 6.45) is 1.70. The zero-order valence-electron chi connectivity index (χ0n) is 36.7. The Morgan fingerprint density at radius 1 is 0.818 bits per heavy atom. The topological polar surface area (TPSA) is 126 Å². The highest BCUT2D eigenvalue weighted by molar-refractivity contribution is 7.22. The first-order valence-electron chi connectivity index (χ1n) is 22.0. The van der Waals surface area contributed by atoms with Crippen molar-refractivity contribution in [3.63, 3.8) is 0 Å². The zero-order chi connectivity index (χ0) is 45.1. The number of piperazine rings is 1. The van der Waals surface area contributed by atoms with Gasteiger partial charge in [0.15, 0.2) is 5.82 Å². The summed E-state index contributed by atoms with van der Waals surface area (Å²) in [4.78, 5) is 40.9. The van der Waals surface area contributed by atoms with Crippen LogP contribution in [0.5, 0.6) is 17.4 Å². The Morgan fingerprint density at radius 2 is 1.61 bits per heavy atom. The van der Waals surface area contributed by atoms with E-state index in [1.807, 2.05) is 42.5 Å². The standard InChI is InChI=1S/C52H48FN7O5S/c1-58-21-23-59(24-22-58)25-26-60-29-33-11-18-43(64-31-38-19-20-54-49(57-38)42-9-5-6-10-44(42)63-2)36(27-33)28-45(52(61)62)65-50-47-46(41-17-14-35(30-60)39-7-3-4-8-40(39)41)48(66-51(47)56-32-55-50)34-12-15-37(53)16-13-34/h3-20,27,32,45H,21-26,28-31H2,1-2H3,(H,61,62)/t45-/m1/s1. The number of hydrogen-bond acceptors (Lipinski definition) is 12. The van der Waals surface area contributed by atoms with Crippen molar-refractivity contribution in [1.29, 1.82) is 0 Å². The van der Waals surface area contributed by atoms with E-state index in [4.69, 9.17) is 24.2 Å². The van der Waals surface area contributed by atoms with Gasteiger partial charge in [-0.15, -0.1) is 11.3 Å². The number of benzene rings is 5. The second-order valence-electron chi connectivity index (χ2n) is 16.8. The summed E-state index contributed by atoms with van der Waals surface area (Å²) >= 11 is 1.44. The molecule has 1 saturated heterocycles. The van der Waals surface area contributed by atoms with E-state index in [9.17, 15) is 14.3 Å². The normalized spacial score (nSPS) is 16.1. The summed E-state index contributed by atoms with van der Waals surface area (Å²) in [5, 5.41) is 13.6. The number of fused-ring (bicyclic) bond motifs is 5. The van der Waals surface area contributed by atoms with Gasteiger partial charge in [-0.2, -0.15) is 0 Å². The lowest BCUT2D eigenvalue weighted by Crippen LogP contribution is -2.46. The van der Waals surface area contributed by atoms with E-state index < -0.39 is 12.1 Å². The third-order valence-electron chi connectivity index (χ3n) is 12.5. The number of aromatic nitrogens is 4. The van der Waals surface area contributed by atoms with Gasteiger partial charge >= 0.3 is 5.97 Å². The minimum atomic E-state index is -1.36. The fourth-order valence-corrected chi connectivity index (χ4v) is 10.1. The minimum absolute atomic E-state index is 0.0253. The average molecular weight is 902 g/mol. The fraction of sp³-hybridized carbons (Fsp3) is 0.250. The van der Waals surface area contributed by atoms with Gasteiger partial charge < -0.3 is 24.2 Å². The van der Waals surface area contributed by atoms with Crippen molar-refractivity contribution in [2.75, 3.05) is 53.4 Å². The van der Waals surface area contributed by atoms with Crippen LogP contribution >= 0.6 is 11.3 Å². The molecule has 5 aromatic carbocycles. The number of methoxy groups -OCH3 is 1. The summed E-state index contributed by atoms with van der Waals surface area (Å²) < 4.78 is 33.1. The SMILES string of the molecule is COc1ccccc1-c1nccc(COc2ccc3cc2C[C@H](C(=O)O)Oc2ncnc4sc(-c5ccc(F)cc5)c(c24)-c2ccc(c4ccccc24)CN(CCN2CCN(C)CC2)C3)n1. The zero-order valence-corrected chi connectivity index (χ0v) is 37.5. The van der Waals surface area contributed by atoms with Crippen molar-refractivity contribution in [2.24, 2.45) is 0 Å². The summed E-state index contributed by atoms with van der Waals surface area (Å²) in [5.41, 5.74) is 6.77. The van der Waals surface area contributed by atoms with Gasteiger partial charge in [0.25, 0.3) is 0 Å². The predicted molar refractivity (Wildman–Crippen MR) is 254 cm³/mol. The number of carboxylic acid groups (broad SMARTS) is 1. The molecule has 14 heteroatoms. The highest BCUT2D eigenvalue weighted by Gasteiger charge is 2.29. The number of nitrogens with zero attached hydrogens (tertiary/aromatic N) is 7. The van der Waals surface area contributed by atoms with Crippen LogP contribution in [0.3, 0.4) is 0 Å². The van der Waals surface area contributed by atoms with Crippen molar-refractivity contribution in [3.05, 3.63) is 150 Å². The molecule has 0 spiro atoms. The molecule has 11 rings (SSSR count). The molecule has 0 saturated carbocycles. The van der Waals surface area contributed by atoms with Crippen LogP contribution in [-0.4, -0.2) is 105 Å². The van der Waals surface area contributed by atoms with Gasteiger partial charge in [0.1, 0.15) is 35.1 Å². The molecular formula is C52H48FN7O5S. The Kier molecular flexibility index (Phi) is 12.4. The largest absolute Gasteiger partial charge is 0.496 e. The lowest BCUT2D eigenvalue weighted by Gasteiger charge is -2.34. The monoisotopic (exact) mass is 901 g/mol. The fourth-order valence-electron chi connectivity index (χ4n) is 8.98. The lowest BCUT2D eigenvalue weighted by molar-refractivity contribution is -0.145. The summed E-state index contributed by atoms with van der Waals surface area (Å²) in [6, 6.07) is 34.5. The highest BCUT2D eigenvalue weighted by atomic mass is 32.1. The number of ether oxygens (including phenoxy) is 3. The van der Waals surface area contributed by atoms with Crippen LogP contribution in [0.1, 0.15) is 22.4 Å². The van der Waals surface area contributed by atoms with Crippen molar-refractivity contribution >= 4 is 38.3 Å². The maximum Gasteiger partial charge on any atom is 0.345 e. The van der Waals surface area contributed by atoms with Crippen molar-refractivity contribution in [2.45, 2.75) is 32.2 Å². The van der Waals surface area contributed by atoms with Gasteiger partial charge in [0, 0.05) is 75.4 Å². The number of thiophene rings is 1. The molecule has 6 heterocycles. The van der Waals surface area contributed by atoms with Crippen molar-refractivity contribution < 1.29 is 28.5 Å². The molecule has 0 radical (unpaired) electrons. The Balaban J connectivity index is 1.09. The van der Waals surface area contributed by atoms with Gasteiger partial charge in [-0.1, -0.05) is 72.8 Å². The van der Waals surface area contributed by atoms with Crippen LogP contribution in [0.4, 0.5) is 4.39 Å². The van der Waals surface area contributed by atoms with Gasteiger partial charge in [-0.3, -0.25) is 9.80 Å². The lowest BCUT2D eigenvalue weighted by atomic mass is 9.92. The molecule has 1 fully saturated rings. The molecule has 66 heavy (non-hydrogen) atoms.